The van der Waals surface area contributed by atoms with E-state index in [1.54, 1.807) is 0 Å². The van der Waals surface area contributed by atoms with Gasteiger partial charge in [-0.05, 0) is 18.8 Å². The third-order valence-electron chi connectivity index (χ3n) is 3.20. The van der Waals surface area contributed by atoms with Crippen LogP contribution in [-0.2, 0) is 9.84 Å². The van der Waals surface area contributed by atoms with E-state index in [2.05, 4.69) is 24.8 Å². The van der Waals surface area contributed by atoms with Gasteiger partial charge in [0.15, 0.2) is 9.84 Å². The van der Waals surface area contributed by atoms with Crippen LogP contribution in [0.25, 0.3) is 0 Å². The van der Waals surface area contributed by atoms with Crippen LogP contribution in [0.3, 0.4) is 0 Å². The number of rotatable bonds is 5. The quantitative estimate of drug-likeness (QED) is 0.725. The van der Waals surface area contributed by atoms with Crippen LogP contribution in [0.4, 0.5) is 0 Å². The Morgan fingerprint density at radius 2 is 2.19 bits per heavy atom. The van der Waals surface area contributed by atoms with Crippen molar-refractivity contribution in [2.45, 2.75) is 38.3 Å². The summed E-state index contributed by atoms with van der Waals surface area (Å²) < 4.78 is 23.4. The monoisotopic (exact) mass is 318 g/mol. The van der Waals surface area contributed by atoms with Crippen molar-refractivity contribution in [2.75, 3.05) is 11.5 Å². The van der Waals surface area contributed by atoms with Gasteiger partial charge in [-0.1, -0.05) is 35.0 Å². The summed E-state index contributed by atoms with van der Waals surface area (Å²) in [6.07, 6.45) is 4.58. The number of sulfone groups is 1. The Hall–Kier alpha value is 1.67. The second kappa shape index (κ2) is 7.31. The molecular formula is C9H22O2P4S. The molecule has 96 valence electrons. The molecule has 0 aromatic rings. The summed E-state index contributed by atoms with van der Waals surface area (Å²) in [5.41, 5.74) is 0.432. The van der Waals surface area contributed by atoms with Gasteiger partial charge in [-0.2, -0.15) is 0 Å². The molecule has 1 aliphatic heterocycles. The first-order chi connectivity index (χ1) is 7.50. The van der Waals surface area contributed by atoms with Crippen LogP contribution in [0.15, 0.2) is 0 Å². The average molecular weight is 318 g/mol. The fourth-order valence-electron chi connectivity index (χ4n) is 2.21. The molecule has 1 saturated heterocycles. The molecule has 16 heavy (non-hydrogen) atoms. The lowest BCUT2D eigenvalue weighted by atomic mass is 9.96. The zero-order valence-corrected chi connectivity index (χ0v) is 14.7. The van der Waals surface area contributed by atoms with E-state index in [0.717, 1.165) is 14.4 Å². The lowest BCUT2D eigenvalue weighted by molar-refractivity contribution is 0.430. The smallest absolute Gasteiger partial charge is 0.150 e. The number of hydrogen-bond donors (Lipinski definition) is 0. The summed E-state index contributed by atoms with van der Waals surface area (Å²) in [5.74, 6) is 1.52. The molecule has 2 nitrogen and oxygen atoms in total. The Labute approximate surface area is 107 Å². The fourth-order valence-corrected chi connectivity index (χ4v) is 11.2. The molecule has 1 aliphatic rings. The molecule has 1 fully saturated rings. The standard InChI is InChI=1S/C9H22O2P4S/c1-2-3-4-8-5-6-16(10,11)7-9(8)15(13)14-12/h8-9,14H,2-7,12-13H2,1H3/t8-,9+,15?/m0/s1. The summed E-state index contributed by atoms with van der Waals surface area (Å²) in [6.45, 7) is 2.20. The number of hydrogen-bond acceptors (Lipinski definition) is 2. The molecule has 6 atom stereocenters. The Balaban J connectivity index is 2.68. The zero-order chi connectivity index (χ0) is 12.2. The lowest BCUT2D eigenvalue weighted by Gasteiger charge is -2.35. The Bertz CT molecular complexity index is 307. The molecule has 4 unspecified atom stereocenters. The molecule has 0 saturated carbocycles. The molecule has 1 heterocycles. The third kappa shape index (κ3) is 4.74. The Morgan fingerprint density at radius 1 is 1.50 bits per heavy atom. The largest absolute Gasteiger partial charge is 0.229 e. The summed E-state index contributed by atoms with van der Waals surface area (Å²) >= 11 is 0. The van der Waals surface area contributed by atoms with Crippen molar-refractivity contribution < 1.29 is 8.42 Å². The van der Waals surface area contributed by atoms with Crippen LogP contribution < -0.4 is 0 Å². The summed E-state index contributed by atoms with van der Waals surface area (Å²) in [4.78, 5) is 0. The maximum Gasteiger partial charge on any atom is 0.150 e. The minimum atomic E-state index is -2.75. The van der Waals surface area contributed by atoms with Crippen molar-refractivity contribution in [3.05, 3.63) is 0 Å². The highest BCUT2D eigenvalue weighted by atomic mass is 32.6. The van der Waals surface area contributed by atoms with Crippen molar-refractivity contribution >= 4 is 43.0 Å². The molecular weight excluding hydrogens is 296 g/mol. The van der Waals surface area contributed by atoms with Crippen molar-refractivity contribution in [2.24, 2.45) is 5.92 Å². The van der Waals surface area contributed by atoms with Crippen LogP contribution in [0.1, 0.15) is 32.6 Å². The molecule has 0 spiro atoms. The van der Waals surface area contributed by atoms with Crippen LogP contribution in [0.2, 0.25) is 0 Å². The van der Waals surface area contributed by atoms with E-state index in [1.807, 2.05) is 0 Å². The molecule has 0 bridgehead atoms. The van der Waals surface area contributed by atoms with E-state index in [0.29, 0.717) is 23.1 Å². The van der Waals surface area contributed by atoms with Gasteiger partial charge in [-0.25, -0.2) is 8.42 Å². The van der Waals surface area contributed by atoms with Gasteiger partial charge in [0.25, 0.3) is 0 Å². The van der Waals surface area contributed by atoms with Crippen LogP contribution in [0, 0.1) is 5.92 Å². The van der Waals surface area contributed by atoms with E-state index >= 15 is 0 Å². The van der Waals surface area contributed by atoms with Crippen molar-refractivity contribution in [1.82, 2.24) is 0 Å². The highest BCUT2D eigenvalue weighted by molar-refractivity contribution is 8.61. The van der Waals surface area contributed by atoms with Crippen LogP contribution in [0.5, 0.6) is 0 Å². The minimum Gasteiger partial charge on any atom is -0.229 e. The average Bonchev–Trinajstić information content (AvgIpc) is 2.25. The topological polar surface area (TPSA) is 34.1 Å². The van der Waals surface area contributed by atoms with Crippen LogP contribution >= 0.6 is 33.1 Å². The number of unbranched alkanes of at least 4 members (excludes halogenated alkanes) is 1. The SMILES string of the molecule is CCCC[C@H]1CCS(=O)(=O)C[C@H]1P(P)PP. The molecule has 0 amide bonds. The highest BCUT2D eigenvalue weighted by Gasteiger charge is 2.35. The fraction of sp³-hybridized carbons (Fsp3) is 1.00. The maximum atomic E-state index is 11.7. The van der Waals surface area contributed by atoms with Gasteiger partial charge < -0.3 is 0 Å². The summed E-state index contributed by atoms with van der Waals surface area (Å²) in [7, 11) is 3.58. The highest BCUT2D eigenvalue weighted by Crippen LogP contribution is 2.71. The predicted molar refractivity (Wildman–Crippen MR) is 84.7 cm³/mol. The minimum absolute atomic E-state index is 0.183. The third-order valence-corrected chi connectivity index (χ3v) is 16.5. The van der Waals surface area contributed by atoms with E-state index in [1.165, 1.54) is 19.3 Å². The molecule has 0 N–H and O–H groups in total. The second-order valence-corrected chi connectivity index (χ2v) is 16.2. The van der Waals surface area contributed by atoms with Gasteiger partial charge in [0.1, 0.15) is 0 Å². The van der Waals surface area contributed by atoms with Gasteiger partial charge in [0.2, 0.25) is 0 Å². The van der Waals surface area contributed by atoms with E-state index < -0.39 is 9.84 Å². The Kier molecular flexibility index (Phi) is 7.18. The molecule has 0 aliphatic carbocycles. The first kappa shape index (κ1) is 15.7. The van der Waals surface area contributed by atoms with Gasteiger partial charge in [-0.15, -0.1) is 17.9 Å². The van der Waals surface area contributed by atoms with Crippen LogP contribution in [-0.4, -0.2) is 25.6 Å². The van der Waals surface area contributed by atoms with Crippen molar-refractivity contribution in [3.63, 3.8) is 0 Å². The molecule has 7 heteroatoms. The van der Waals surface area contributed by atoms with Crippen molar-refractivity contribution in [1.29, 1.82) is 0 Å². The first-order valence-corrected chi connectivity index (χ1v) is 14.2. The summed E-state index contributed by atoms with van der Waals surface area (Å²) in [6, 6.07) is 0. The van der Waals surface area contributed by atoms with Gasteiger partial charge in [0, 0.05) is 5.66 Å². The molecule has 1 rings (SSSR count). The zero-order valence-electron chi connectivity index (χ0n) is 9.72. The van der Waals surface area contributed by atoms with Gasteiger partial charge in [0.05, 0.1) is 11.5 Å². The van der Waals surface area contributed by atoms with Crippen molar-refractivity contribution in [3.8, 4) is 0 Å². The summed E-state index contributed by atoms with van der Waals surface area (Å²) in [5, 5.41) is 0. The first-order valence-electron chi connectivity index (χ1n) is 5.70. The van der Waals surface area contributed by atoms with E-state index in [-0.39, 0.29) is 7.30 Å². The molecule has 0 aromatic heterocycles. The Morgan fingerprint density at radius 3 is 2.75 bits per heavy atom. The van der Waals surface area contributed by atoms with E-state index in [9.17, 15) is 8.42 Å². The van der Waals surface area contributed by atoms with E-state index in [4.69, 9.17) is 0 Å². The maximum absolute atomic E-state index is 11.7. The normalized spacial score (nSPS) is 31.9. The predicted octanol–water partition coefficient (Wildman–Crippen LogP) is 3.64. The molecule has 0 radical (unpaired) electrons. The lowest BCUT2D eigenvalue weighted by Crippen LogP contribution is -2.34. The molecule has 0 aromatic carbocycles. The second-order valence-electron chi connectivity index (χ2n) is 4.41. The van der Waals surface area contributed by atoms with Gasteiger partial charge in [-0.3, -0.25) is 0 Å². The van der Waals surface area contributed by atoms with Gasteiger partial charge >= 0.3 is 0 Å².